The molecule has 0 bridgehead atoms. The third-order valence-corrected chi connectivity index (χ3v) is 3.95. The molecule has 0 radical (unpaired) electrons. The number of anilines is 1. The van der Waals surface area contributed by atoms with Crippen LogP contribution in [0.3, 0.4) is 0 Å². The van der Waals surface area contributed by atoms with E-state index in [0.29, 0.717) is 11.1 Å². The van der Waals surface area contributed by atoms with Gasteiger partial charge in [0.1, 0.15) is 11.5 Å². The summed E-state index contributed by atoms with van der Waals surface area (Å²) >= 11 is 0. The van der Waals surface area contributed by atoms with Crippen molar-refractivity contribution in [2.45, 2.75) is 19.6 Å². The van der Waals surface area contributed by atoms with Crippen LogP contribution < -0.4 is 5.73 Å². The molecule has 0 amide bonds. The summed E-state index contributed by atoms with van der Waals surface area (Å²) in [6.45, 7) is 1.57. The first kappa shape index (κ1) is 18.4. The summed E-state index contributed by atoms with van der Waals surface area (Å²) in [6.07, 6.45) is -4.78. The molecule has 2 aromatic carbocycles. The molecule has 0 saturated carbocycles. The minimum absolute atomic E-state index is 0.00133. The summed E-state index contributed by atoms with van der Waals surface area (Å²) in [4.78, 5) is 3.94. The van der Waals surface area contributed by atoms with E-state index < -0.39 is 23.4 Å². The SMILES string of the molecule is Cc1cc(N=C2C(=N)N(Cc3ccccc3)N=C2C(F)(F)F)c(N)cc1O. The second-order valence-corrected chi connectivity index (χ2v) is 6.00. The maximum atomic E-state index is 13.4. The summed E-state index contributed by atoms with van der Waals surface area (Å²) in [5, 5.41) is 22.3. The first-order valence-corrected chi connectivity index (χ1v) is 7.91. The highest BCUT2D eigenvalue weighted by Crippen LogP contribution is 2.32. The fraction of sp³-hybridized carbons (Fsp3) is 0.167. The van der Waals surface area contributed by atoms with E-state index in [0.717, 1.165) is 5.01 Å². The number of nitrogens with one attached hydrogen (secondary N) is 1. The third kappa shape index (κ3) is 3.76. The predicted octanol–water partition coefficient (Wildman–Crippen LogP) is 3.77. The van der Waals surface area contributed by atoms with E-state index in [1.54, 1.807) is 37.3 Å². The maximum Gasteiger partial charge on any atom is 0.437 e. The lowest BCUT2D eigenvalue weighted by Gasteiger charge is -2.13. The highest BCUT2D eigenvalue weighted by atomic mass is 19.4. The summed E-state index contributed by atoms with van der Waals surface area (Å²) in [5.74, 6) is -0.565. The molecule has 0 aliphatic carbocycles. The summed E-state index contributed by atoms with van der Waals surface area (Å²) in [7, 11) is 0. The smallest absolute Gasteiger partial charge is 0.437 e. The van der Waals surface area contributed by atoms with Crippen molar-refractivity contribution >= 4 is 28.6 Å². The van der Waals surface area contributed by atoms with Crippen molar-refractivity contribution in [2.75, 3.05) is 5.73 Å². The van der Waals surface area contributed by atoms with Crippen LogP contribution in [0.2, 0.25) is 0 Å². The monoisotopic (exact) mass is 375 g/mol. The Morgan fingerprint density at radius 2 is 1.89 bits per heavy atom. The Bertz CT molecular complexity index is 951. The lowest BCUT2D eigenvalue weighted by molar-refractivity contribution is -0.0571. The number of benzene rings is 2. The number of phenolic OH excluding ortho intramolecular Hbond substituents is 1. The number of aliphatic imine (C=N–C) groups is 1. The molecule has 6 nitrogen and oxygen atoms in total. The highest BCUT2D eigenvalue weighted by Gasteiger charge is 2.46. The molecule has 0 aromatic heterocycles. The van der Waals surface area contributed by atoms with Crippen molar-refractivity contribution in [3.05, 3.63) is 53.6 Å². The molecular formula is C18H16F3N5O. The molecule has 2 aromatic rings. The summed E-state index contributed by atoms with van der Waals surface area (Å²) in [6, 6.07) is 11.3. The minimum Gasteiger partial charge on any atom is -0.508 e. The molecule has 3 rings (SSSR count). The van der Waals surface area contributed by atoms with Gasteiger partial charge in [-0.2, -0.15) is 18.3 Å². The lowest BCUT2D eigenvalue weighted by atomic mass is 10.1. The molecule has 27 heavy (non-hydrogen) atoms. The van der Waals surface area contributed by atoms with Gasteiger partial charge in [0.15, 0.2) is 11.5 Å². The van der Waals surface area contributed by atoms with Gasteiger partial charge in [-0.25, -0.2) is 10.0 Å². The van der Waals surface area contributed by atoms with Gasteiger partial charge in [-0.3, -0.25) is 5.41 Å². The molecule has 0 spiro atoms. The number of amidine groups is 1. The van der Waals surface area contributed by atoms with Crippen LogP contribution in [0.25, 0.3) is 0 Å². The number of aromatic hydroxyl groups is 1. The van der Waals surface area contributed by atoms with Crippen LogP contribution in [0.1, 0.15) is 11.1 Å². The average molecular weight is 375 g/mol. The molecule has 0 atom stereocenters. The zero-order valence-electron chi connectivity index (χ0n) is 14.2. The van der Waals surface area contributed by atoms with Crippen LogP contribution in [0, 0.1) is 12.3 Å². The van der Waals surface area contributed by atoms with Gasteiger partial charge < -0.3 is 10.8 Å². The Labute approximate surface area is 153 Å². The normalized spacial score (nSPS) is 16.1. The van der Waals surface area contributed by atoms with Gasteiger partial charge in [0, 0.05) is 6.07 Å². The van der Waals surface area contributed by atoms with Crippen molar-refractivity contribution in [1.82, 2.24) is 5.01 Å². The van der Waals surface area contributed by atoms with E-state index in [9.17, 15) is 18.3 Å². The molecule has 0 saturated heterocycles. The molecule has 140 valence electrons. The molecule has 1 aliphatic rings. The first-order chi connectivity index (χ1) is 12.7. The topological polar surface area (TPSA) is 98.1 Å². The minimum atomic E-state index is -4.78. The summed E-state index contributed by atoms with van der Waals surface area (Å²) < 4.78 is 40.3. The van der Waals surface area contributed by atoms with Crippen molar-refractivity contribution in [2.24, 2.45) is 10.1 Å². The fourth-order valence-electron chi connectivity index (χ4n) is 2.53. The Balaban J connectivity index is 2.02. The third-order valence-electron chi connectivity index (χ3n) is 3.95. The van der Waals surface area contributed by atoms with Gasteiger partial charge in [-0.05, 0) is 24.1 Å². The predicted molar refractivity (Wildman–Crippen MR) is 97.6 cm³/mol. The Morgan fingerprint density at radius 1 is 1.22 bits per heavy atom. The van der Waals surface area contributed by atoms with E-state index in [1.807, 2.05) is 0 Å². The molecular weight excluding hydrogens is 359 g/mol. The van der Waals surface area contributed by atoms with Crippen molar-refractivity contribution in [3.63, 3.8) is 0 Å². The van der Waals surface area contributed by atoms with Crippen LogP contribution in [0.4, 0.5) is 24.5 Å². The lowest BCUT2D eigenvalue weighted by Crippen LogP contribution is -2.33. The van der Waals surface area contributed by atoms with Crippen LogP contribution >= 0.6 is 0 Å². The van der Waals surface area contributed by atoms with E-state index >= 15 is 0 Å². The summed E-state index contributed by atoms with van der Waals surface area (Å²) in [5.41, 5.74) is 5.02. The van der Waals surface area contributed by atoms with E-state index in [-0.39, 0.29) is 23.7 Å². The number of rotatable bonds is 3. The standard InChI is InChI=1S/C18H16F3N5O/c1-10-7-13(12(22)8-14(10)27)24-15-16(18(19,20)21)25-26(17(15)23)9-11-5-3-2-4-6-11/h2-8,23,27H,9,22H2,1H3. The molecule has 9 heteroatoms. The number of hydrogen-bond acceptors (Lipinski definition) is 5. The Hall–Kier alpha value is -3.36. The fourth-order valence-corrected chi connectivity index (χ4v) is 2.53. The first-order valence-electron chi connectivity index (χ1n) is 7.91. The van der Waals surface area contributed by atoms with Crippen molar-refractivity contribution in [3.8, 4) is 5.75 Å². The van der Waals surface area contributed by atoms with Gasteiger partial charge in [0.25, 0.3) is 0 Å². The van der Waals surface area contributed by atoms with Gasteiger partial charge >= 0.3 is 6.18 Å². The number of nitrogen functional groups attached to an aromatic ring is 1. The van der Waals surface area contributed by atoms with Crippen molar-refractivity contribution in [1.29, 1.82) is 5.41 Å². The van der Waals surface area contributed by atoms with Crippen LogP contribution in [-0.2, 0) is 6.54 Å². The number of nitrogens with two attached hydrogens (primary N) is 1. The Kier molecular flexibility index (Phi) is 4.61. The number of aryl methyl sites for hydroxylation is 1. The van der Waals surface area contributed by atoms with E-state index in [2.05, 4.69) is 10.1 Å². The number of nitrogens with zero attached hydrogens (tertiary/aromatic N) is 3. The van der Waals surface area contributed by atoms with Gasteiger partial charge in [-0.1, -0.05) is 30.3 Å². The van der Waals surface area contributed by atoms with Gasteiger partial charge in [0.2, 0.25) is 0 Å². The zero-order chi connectivity index (χ0) is 19.8. The van der Waals surface area contributed by atoms with Gasteiger partial charge in [0.05, 0.1) is 17.9 Å². The van der Waals surface area contributed by atoms with Gasteiger partial charge in [-0.15, -0.1) is 0 Å². The molecule has 0 unspecified atom stereocenters. The van der Waals surface area contributed by atoms with Crippen LogP contribution in [-0.4, -0.2) is 33.6 Å². The second kappa shape index (κ2) is 6.75. The highest BCUT2D eigenvalue weighted by molar-refractivity contribution is 6.70. The average Bonchev–Trinajstić information content (AvgIpc) is 2.90. The zero-order valence-corrected chi connectivity index (χ0v) is 14.2. The number of halogens is 3. The largest absolute Gasteiger partial charge is 0.508 e. The number of hydrazone groups is 1. The number of phenols is 1. The van der Waals surface area contributed by atoms with Crippen LogP contribution in [0.15, 0.2) is 52.6 Å². The van der Waals surface area contributed by atoms with E-state index in [4.69, 9.17) is 11.1 Å². The quantitative estimate of drug-likeness (QED) is 0.712. The molecule has 0 fully saturated rings. The number of alkyl halides is 3. The van der Waals surface area contributed by atoms with E-state index in [1.165, 1.54) is 12.1 Å². The second-order valence-electron chi connectivity index (χ2n) is 6.00. The molecule has 1 heterocycles. The molecule has 4 N–H and O–H groups in total. The maximum absolute atomic E-state index is 13.4. The van der Waals surface area contributed by atoms with Crippen LogP contribution in [0.5, 0.6) is 5.75 Å². The number of hydrogen-bond donors (Lipinski definition) is 3. The molecule has 1 aliphatic heterocycles. The van der Waals surface area contributed by atoms with Crippen molar-refractivity contribution < 1.29 is 18.3 Å². The Morgan fingerprint density at radius 3 is 2.52 bits per heavy atom.